The van der Waals surface area contributed by atoms with Crippen LogP contribution in [0.4, 0.5) is 13.2 Å². The number of pyridine rings is 1. The summed E-state index contributed by atoms with van der Waals surface area (Å²) in [6.07, 6.45) is -5.11. The molecule has 0 aliphatic carbocycles. The topological polar surface area (TPSA) is 57.7 Å². The van der Waals surface area contributed by atoms with Gasteiger partial charge in [-0.05, 0) is 29.5 Å². The molecular formula is C11H11F3INO4. The Morgan fingerprint density at radius 2 is 2.10 bits per heavy atom. The maximum Gasteiger partial charge on any atom is 0.573 e. The monoisotopic (exact) mass is 405 g/mol. The molecule has 0 saturated heterocycles. The van der Waals surface area contributed by atoms with E-state index >= 15 is 0 Å². The molecule has 0 saturated carbocycles. The lowest BCUT2D eigenvalue weighted by Crippen LogP contribution is -2.19. The first-order valence-corrected chi connectivity index (χ1v) is 6.49. The molecule has 20 heavy (non-hydrogen) atoms. The molecule has 0 aromatic carbocycles. The highest BCUT2D eigenvalue weighted by atomic mass is 127. The fourth-order valence-corrected chi connectivity index (χ4v) is 1.88. The van der Waals surface area contributed by atoms with Crippen LogP contribution in [0, 0.1) is 3.57 Å². The molecule has 1 rings (SSSR count). The van der Waals surface area contributed by atoms with Crippen molar-refractivity contribution in [1.82, 2.24) is 4.98 Å². The van der Waals surface area contributed by atoms with E-state index in [9.17, 15) is 18.0 Å². The van der Waals surface area contributed by atoms with Crippen LogP contribution >= 0.6 is 22.6 Å². The normalized spacial score (nSPS) is 11.1. The molecular weight excluding hydrogens is 394 g/mol. The summed E-state index contributed by atoms with van der Waals surface area (Å²) in [6, 6.07) is 1.00. The summed E-state index contributed by atoms with van der Waals surface area (Å²) >= 11 is 1.62. The van der Waals surface area contributed by atoms with Crippen molar-refractivity contribution in [2.75, 3.05) is 13.7 Å². The van der Waals surface area contributed by atoms with E-state index in [1.54, 1.807) is 29.5 Å². The first-order valence-electron chi connectivity index (χ1n) is 5.41. The molecule has 1 aromatic heterocycles. The van der Waals surface area contributed by atoms with Gasteiger partial charge in [0.1, 0.15) is 5.75 Å². The number of nitrogens with zero attached hydrogens (tertiary/aromatic N) is 1. The molecule has 0 atom stereocenters. The molecule has 0 N–H and O–H groups in total. The summed E-state index contributed by atoms with van der Waals surface area (Å²) in [5.41, 5.74) is 0.0997. The maximum atomic E-state index is 12.3. The van der Waals surface area contributed by atoms with E-state index in [2.05, 4.69) is 9.72 Å². The lowest BCUT2D eigenvalue weighted by Gasteiger charge is -2.14. The molecule has 0 radical (unpaired) electrons. The Balaban J connectivity index is 3.10. The number of carbonyl (C=O) groups is 1. The van der Waals surface area contributed by atoms with E-state index in [0.29, 0.717) is 0 Å². The molecule has 0 bridgehead atoms. The second-order valence-electron chi connectivity index (χ2n) is 3.45. The van der Waals surface area contributed by atoms with Crippen LogP contribution in [0.3, 0.4) is 0 Å². The van der Waals surface area contributed by atoms with Gasteiger partial charge in [0.25, 0.3) is 0 Å². The first kappa shape index (κ1) is 16.8. The SMILES string of the molecule is CCOC(=O)Cc1nc(OC)cc(OC(F)(F)F)c1I. The average Bonchev–Trinajstić information content (AvgIpc) is 2.32. The Hall–Kier alpha value is -1.26. The van der Waals surface area contributed by atoms with Crippen LogP contribution in [0.5, 0.6) is 11.6 Å². The molecule has 112 valence electrons. The number of carbonyl (C=O) groups excluding carboxylic acids is 1. The molecule has 0 aliphatic heterocycles. The average molecular weight is 405 g/mol. The fraction of sp³-hybridized carbons (Fsp3) is 0.455. The predicted octanol–water partition coefficient (Wildman–Crippen LogP) is 2.70. The van der Waals surface area contributed by atoms with Crippen LogP contribution in [0.1, 0.15) is 12.6 Å². The van der Waals surface area contributed by atoms with Crippen LogP contribution in [0.15, 0.2) is 6.07 Å². The summed E-state index contributed by atoms with van der Waals surface area (Å²) in [4.78, 5) is 15.3. The second kappa shape index (κ2) is 6.95. The summed E-state index contributed by atoms with van der Waals surface area (Å²) in [5.74, 6) is -1.14. The highest BCUT2D eigenvalue weighted by molar-refractivity contribution is 14.1. The Labute approximate surface area is 126 Å². The van der Waals surface area contributed by atoms with Crippen LogP contribution < -0.4 is 9.47 Å². The Morgan fingerprint density at radius 3 is 2.60 bits per heavy atom. The van der Waals surface area contributed by atoms with E-state index in [4.69, 9.17) is 9.47 Å². The Bertz CT molecular complexity index is 493. The summed E-state index contributed by atoms with van der Waals surface area (Å²) in [5, 5.41) is 0. The zero-order chi connectivity index (χ0) is 15.3. The molecule has 0 unspecified atom stereocenters. The van der Waals surface area contributed by atoms with E-state index in [1.807, 2.05) is 0 Å². The van der Waals surface area contributed by atoms with Crippen molar-refractivity contribution in [3.8, 4) is 11.6 Å². The van der Waals surface area contributed by atoms with Crippen LogP contribution in [0.25, 0.3) is 0 Å². The van der Waals surface area contributed by atoms with E-state index < -0.39 is 18.1 Å². The predicted molar refractivity (Wildman–Crippen MR) is 70.5 cm³/mol. The van der Waals surface area contributed by atoms with Gasteiger partial charge in [-0.2, -0.15) is 0 Å². The van der Waals surface area contributed by atoms with Gasteiger partial charge in [-0.25, -0.2) is 4.98 Å². The number of aromatic nitrogens is 1. The van der Waals surface area contributed by atoms with Crippen LogP contribution in [-0.4, -0.2) is 31.0 Å². The highest BCUT2D eigenvalue weighted by Crippen LogP contribution is 2.32. The van der Waals surface area contributed by atoms with E-state index in [-0.39, 0.29) is 28.2 Å². The van der Waals surface area contributed by atoms with Gasteiger partial charge >= 0.3 is 12.3 Å². The summed E-state index contributed by atoms with van der Waals surface area (Å²) in [7, 11) is 1.25. The van der Waals surface area contributed by atoms with Gasteiger partial charge in [0, 0.05) is 6.07 Å². The lowest BCUT2D eigenvalue weighted by molar-refractivity contribution is -0.275. The standard InChI is InChI=1S/C11H11F3INO4/c1-3-19-9(17)4-6-10(15)7(20-11(12,13)14)5-8(16-6)18-2/h5H,3-4H2,1-2H3. The Morgan fingerprint density at radius 1 is 1.45 bits per heavy atom. The zero-order valence-corrected chi connectivity index (χ0v) is 12.7. The van der Waals surface area contributed by atoms with E-state index in [1.165, 1.54) is 7.11 Å². The molecule has 1 aromatic rings. The number of methoxy groups -OCH3 is 1. The van der Waals surface area contributed by atoms with Gasteiger partial charge in [0.15, 0.2) is 0 Å². The van der Waals surface area contributed by atoms with Crippen molar-refractivity contribution in [2.45, 2.75) is 19.7 Å². The van der Waals surface area contributed by atoms with Crippen molar-refractivity contribution < 1.29 is 32.2 Å². The zero-order valence-electron chi connectivity index (χ0n) is 10.6. The van der Waals surface area contributed by atoms with Crippen LogP contribution in [0.2, 0.25) is 0 Å². The largest absolute Gasteiger partial charge is 0.573 e. The third-order valence-electron chi connectivity index (χ3n) is 2.02. The number of ether oxygens (including phenoxy) is 3. The number of alkyl halides is 3. The van der Waals surface area contributed by atoms with Gasteiger partial charge < -0.3 is 14.2 Å². The van der Waals surface area contributed by atoms with Gasteiger partial charge in [-0.1, -0.05) is 0 Å². The van der Waals surface area contributed by atoms with Crippen molar-refractivity contribution in [3.05, 3.63) is 15.3 Å². The molecule has 1 heterocycles. The molecule has 0 amide bonds. The number of hydrogen-bond acceptors (Lipinski definition) is 5. The summed E-state index contributed by atoms with van der Waals surface area (Å²) in [6.45, 7) is 1.80. The summed E-state index contributed by atoms with van der Waals surface area (Å²) < 4.78 is 50.4. The Kier molecular flexibility index (Phi) is 5.84. The third kappa shape index (κ3) is 5.02. The number of halogens is 4. The van der Waals surface area contributed by atoms with Gasteiger partial charge in [-0.15, -0.1) is 13.2 Å². The highest BCUT2D eigenvalue weighted by Gasteiger charge is 2.33. The van der Waals surface area contributed by atoms with Gasteiger partial charge in [-0.3, -0.25) is 4.79 Å². The van der Waals surface area contributed by atoms with Gasteiger partial charge in [0.2, 0.25) is 5.88 Å². The molecule has 0 aliphatic rings. The van der Waals surface area contributed by atoms with Gasteiger partial charge in [0.05, 0.1) is 29.4 Å². The number of hydrogen-bond donors (Lipinski definition) is 0. The van der Waals surface area contributed by atoms with Crippen LogP contribution in [-0.2, 0) is 16.0 Å². The minimum Gasteiger partial charge on any atom is -0.481 e. The van der Waals surface area contributed by atoms with E-state index in [0.717, 1.165) is 6.07 Å². The minimum atomic E-state index is -4.84. The molecule has 9 heteroatoms. The molecule has 0 spiro atoms. The smallest absolute Gasteiger partial charge is 0.481 e. The van der Waals surface area contributed by atoms with Crippen molar-refractivity contribution >= 4 is 28.6 Å². The fourth-order valence-electron chi connectivity index (χ4n) is 1.30. The van der Waals surface area contributed by atoms with Crippen molar-refractivity contribution in [2.24, 2.45) is 0 Å². The first-order chi connectivity index (χ1) is 9.26. The maximum absolute atomic E-state index is 12.3. The molecule has 5 nitrogen and oxygen atoms in total. The van der Waals surface area contributed by atoms with Crippen molar-refractivity contribution in [1.29, 1.82) is 0 Å². The number of rotatable bonds is 5. The second-order valence-corrected chi connectivity index (χ2v) is 4.53. The third-order valence-corrected chi connectivity index (χ3v) is 3.18. The van der Waals surface area contributed by atoms with Crippen molar-refractivity contribution in [3.63, 3.8) is 0 Å². The minimum absolute atomic E-state index is 0.0776. The quantitative estimate of drug-likeness (QED) is 0.557. The lowest BCUT2D eigenvalue weighted by atomic mass is 10.2. The number of esters is 1. The molecule has 0 fully saturated rings.